The Kier molecular flexibility index (Phi) is 3.12. The second-order valence-electron chi connectivity index (χ2n) is 5.54. The molecule has 1 aliphatic heterocycles. The Hall–Kier alpha value is -2.73. The summed E-state index contributed by atoms with van der Waals surface area (Å²) in [6.07, 6.45) is 3.16. The van der Waals surface area contributed by atoms with E-state index in [2.05, 4.69) is 9.97 Å². The molecule has 2 unspecified atom stereocenters. The zero-order chi connectivity index (χ0) is 16.0. The predicted molar refractivity (Wildman–Crippen MR) is 85.2 cm³/mol. The van der Waals surface area contributed by atoms with E-state index in [9.17, 15) is 4.79 Å². The molecule has 1 fully saturated rings. The third-order valence-electron chi connectivity index (χ3n) is 3.90. The van der Waals surface area contributed by atoms with Crippen molar-refractivity contribution in [1.82, 2.24) is 14.5 Å². The Bertz CT molecular complexity index is 934. The second-order valence-corrected chi connectivity index (χ2v) is 5.54. The lowest BCUT2D eigenvalue weighted by Crippen LogP contribution is -2.20. The summed E-state index contributed by atoms with van der Waals surface area (Å²) in [4.78, 5) is 21.0. The van der Waals surface area contributed by atoms with E-state index in [1.807, 2.05) is 31.2 Å². The second kappa shape index (κ2) is 5.17. The molecule has 1 saturated heterocycles. The molecule has 6 heteroatoms. The van der Waals surface area contributed by atoms with Crippen LogP contribution in [0.5, 0.6) is 5.75 Å². The minimum atomic E-state index is -0.156. The quantitative estimate of drug-likeness (QED) is 0.693. The molecule has 116 valence electrons. The molecule has 2 atom stereocenters. The van der Waals surface area contributed by atoms with E-state index in [1.165, 1.54) is 4.57 Å². The van der Waals surface area contributed by atoms with Crippen LogP contribution in [0.4, 0.5) is 0 Å². The van der Waals surface area contributed by atoms with Gasteiger partial charge in [0.1, 0.15) is 17.7 Å². The minimum absolute atomic E-state index is 0.112. The highest BCUT2D eigenvalue weighted by Gasteiger charge is 2.36. The first-order valence-corrected chi connectivity index (χ1v) is 7.37. The number of ether oxygens (including phenoxy) is 2. The van der Waals surface area contributed by atoms with Crippen LogP contribution in [0.2, 0.25) is 0 Å². The molecule has 0 saturated carbocycles. The van der Waals surface area contributed by atoms with Gasteiger partial charge in [0, 0.05) is 25.0 Å². The number of benzene rings is 1. The van der Waals surface area contributed by atoms with Gasteiger partial charge in [0.2, 0.25) is 6.29 Å². The van der Waals surface area contributed by atoms with E-state index in [4.69, 9.17) is 9.47 Å². The molecule has 6 nitrogen and oxygen atoms in total. The SMILES string of the molecule is CC1OC1Oc1ccc(-c2nc3ccncc3c(=O)n2C)cc1. The third-order valence-corrected chi connectivity index (χ3v) is 3.90. The van der Waals surface area contributed by atoms with Gasteiger partial charge in [0.05, 0.1) is 10.9 Å². The summed E-state index contributed by atoms with van der Waals surface area (Å²) in [6.45, 7) is 1.96. The topological polar surface area (TPSA) is 69.5 Å². The van der Waals surface area contributed by atoms with Gasteiger partial charge in [-0.05, 0) is 37.3 Å². The molecule has 4 rings (SSSR count). The summed E-state index contributed by atoms with van der Waals surface area (Å²) in [5, 5.41) is 0.513. The van der Waals surface area contributed by atoms with Crippen LogP contribution in [0.1, 0.15) is 6.92 Å². The lowest BCUT2D eigenvalue weighted by molar-refractivity contribution is 0.178. The number of rotatable bonds is 3. The summed E-state index contributed by atoms with van der Waals surface area (Å²) in [5.41, 5.74) is 1.37. The first kappa shape index (κ1) is 13.9. The molecule has 0 spiro atoms. The Balaban J connectivity index is 1.73. The molecule has 23 heavy (non-hydrogen) atoms. The summed E-state index contributed by atoms with van der Waals surface area (Å²) >= 11 is 0. The molecule has 0 radical (unpaired) electrons. The van der Waals surface area contributed by atoms with Gasteiger partial charge in [-0.2, -0.15) is 0 Å². The number of nitrogens with zero attached hydrogens (tertiary/aromatic N) is 3. The van der Waals surface area contributed by atoms with Crippen LogP contribution < -0.4 is 10.3 Å². The standard InChI is InChI=1S/C17H15N3O3/c1-10-17(22-10)23-12-5-3-11(4-6-12)15-19-14-7-8-18-9-13(14)16(21)20(15)2/h3-10,17H,1-2H3. The number of pyridine rings is 1. The van der Waals surface area contributed by atoms with E-state index in [0.717, 1.165) is 11.3 Å². The van der Waals surface area contributed by atoms with Crippen molar-refractivity contribution in [2.24, 2.45) is 7.05 Å². The number of epoxide rings is 1. The first-order valence-electron chi connectivity index (χ1n) is 7.37. The Labute approximate surface area is 132 Å². The van der Waals surface area contributed by atoms with Gasteiger partial charge in [-0.3, -0.25) is 14.3 Å². The average molecular weight is 309 g/mol. The Morgan fingerprint density at radius 3 is 2.65 bits per heavy atom. The number of fused-ring (bicyclic) bond motifs is 1. The predicted octanol–water partition coefficient (Wildman–Crippen LogP) is 2.12. The summed E-state index contributed by atoms with van der Waals surface area (Å²) in [5.74, 6) is 1.34. The van der Waals surface area contributed by atoms with Gasteiger partial charge in [0.25, 0.3) is 5.56 Å². The van der Waals surface area contributed by atoms with E-state index in [1.54, 1.807) is 25.5 Å². The van der Waals surface area contributed by atoms with Crippen molar-refractivity contribution >= 4 is 10.9 Å². The molecular weight excluding hydrogens is 294 g/mol. The highest BCUT2D eigenvalue weighted by atomic mass is 16.8. The zero-order valence-electron chi connectivity index (χ0n) is 12.8. The van der Waals surface area contributed by atoms with Crippen LogP contribution in [-0.2, 0) is 11.8 Å². The highest BCUT2D eigenvalue weighted by molar-refractivity contribution is 5.78. The van der Waals surface area contributed by atoms with E-state index >= 15 is 0 Å². The Morgan fingerprint density at radius 1 is 1.22 bits per heavy atom. The van der Waals surface area contributed by atoms with Crippen LogP contribution in [0.3, 0.4) is 0 Å². The van der Waals surface area contributed by atoms with Gasteiger partial charge in [-0.15, -0.1) is 0 Å². The van der Waals surface area contributed by atoms with E-state index < -0.39 is 0 Å². The van der Waals surface area contributed by atoms with Crippen molar-refractivity contribution in [2.45, 2.75) is 19.3 Å². The molecule has 0 bridgehead atoms. The lowest BCUT2D eigenvalue weighted by Gasteiger charge is -2.10. The van der Waals surface area contributed by atoms with Crippen molar-refractivity contribution in [3.05, 3.63) is 53.1 Å². The molecular formula is C17H15N3O3. The zero-order valence-corrected chi connectivity index (χ0v) is 12.8. The van der Waals surface area contributed by atoms with E-state index in [0.29, 0.717) is 16.7 Å². The lowest BCUT2D eigenvalue weighted by atomic mass is 10.2. The number of aromatic nitrogens is 3. The first-order chi connectivity index (χ1) is 11.1. The van der Waals surface area contributed by atoms with E-state index in [-0.39, 0.29) is 18.0 Å². The Morgan fingerprint density at radius 2 is 1.96 bits per heavy atom. The molecule has 3 heterocycles. The molecule has 2 aromatic heterocycles. The fraction of sp³-hybridized carbons (Fsp3) is 0.235. The van der Waals surface area contributed by atoms with Crippen molar-refractivity contribution in [3.8, 4) is 17.1 Å². The maximum atomic E-state index is 12.4. The van der Waals surface area contributed by atoms with Crippen LogP contribution in [0, 0.1) is 0 Å². The maximum absolute atomic E-state index is 12.4. The average Bonchev–Trinajstić information content (AvgIpc) is 3.27. The molecule has 3 aromatic rings. The number of hydrogen-bond donors (Lipinski definition) is 0. The minimum Gasteiger partial charge on any atom is -0.462 e. The van der Waals surface area contributed by atoms with Crippen LogP contribution in [0.25, 0.3) is 22.3 Å². The van der Waals surface area contributed by atoms with Crippen LogP contribution in [-0.4, -0.2) is 26.9 Å². The normalized spacial score (nSPS) is 19.7. The summed E-state index contributed by atoms with van der Waals surface area (Å²) in [6, 6.07) is 9.22. The molecule has 0 aliphatic carbocycles. The van der Waals surface area contributed by atoms with Crippen molar-refractivity contribution in [3.63, 3.8) is 0 Å². The maximum Gasteiger partial charge on any atom is 0.262 e. The van der Waals surface area contributed by atoms with Crippen molar-refractivity contribution < 1.29 is 9.47 Å². The third kappa shape index (κ3) is 2.47. The van der Waals surface area contributed by atoms with Crippen LogP contribution >= 0.6 is 0 Å². The van der Waals surface area contributed by atoms with Gasteiger partial charge in [-0.25, -0.2) is 4.98 Å². The number of hydrogen-bond acceptors (Lipinski definition) is 5. The molecule has 0 N–H and O–H groups in total. The van der Waals surface area contributed by atoms with Gasteiger partial charge < -0.3 is 9.47 Å². The fourth-order valence-electron chi connectivity index (χ4n) is 2.48. The highest BCUT2D eigenvalue weighted by Crippen LogP contribution is 2.27. The monoisotopic (exact) mass is 309 g/mol. The van der Waals surface area contributed by atoms with Gasteiger partial charge in [-0.1, -0.05) is 0 Å². The summed E-state index contributed by atoms with van der Waals surface area (Å²) in [7, 11) is 1.71. The molecule has 1 aromatic carbocycles. The van der Waals surface area contributed by atoms with Gasteiger partial charge >= 0.3 is 0 Å². The van der Waals surface area contributed by atoms with Crippen molar-refractivity contribution in [1.29, 1.82) is 0 Å². The fourth-order valence-corrected chi connectivity index (χ4v) is 2.48. The van der Waals surface area contributed by atoms with Crippen LogP contribution in [0.15, 0.2) is 47.5 Å². The largest absolute Gasteiger partial charge is 0.462 e. The van der Waals surface area contributed by atoms with Crippen molar-refractivity contribution in [2.75, 3.05) is 0 Å². The summed E-state index contributed by atoms with van der Waals surface area (Å²) < 4.78 is 12.4. The molecule has 1 aliphatic rings. The molecule has 0 amide bonds. The van der Waals surface area contributed by atoms with Gasteiger partial charge in [0.15, 0.2) is 0 Å². The smallest absolute Gasteiger partial charge is 0.262 e.